The summed E-state index contributed by atoms with van der Waals surface area (Å²) in [6.45, 7) is 2.20. The van der Waals surface area contributed by atoms with Crippen molar-refractivity contribution < 1.29 is 9.90 Å². The largest absolute Gasteiger partial charge is 0.481 e. The summed E-state index contributed by atoms with van der Waals surface area (Å²) in [7, 11) is 0. The summed E-state index contributed by atoms with van der Waals surface area (Å²) < 4.78 is 0. The van der Waals surface area contributed by atoms with Crippen LogP contribution < -0.4 is 0 Å². The monoisotopic (exact) mass is 266 g/mol. The molecule has 0 unspecified atom stereocenters. The summed E-state index contributed by atoms with van der Waals surface area (Å²) in [5, 5.41) is 10.3. The van der Waals surface area contributed by atoms with Crippen molar-refractivity contribution >= 4 is 17.6 Å². The zero-order valence-corrected chi connectivity index (χ0v) is 11.4. The third kappa shape index (κ3) is 2.86. The fraction of sp³-hybridized carbons (Fsp3) is 0.533. The lowest BCUT2D eigenvalue weighted by Crippen LogP contribution is -2.37. The molecule has 0 amide bonds. The van der Waals surface area contributed by atoms with Crippen molar-refractivity contribution in [2.24, 2.45) is 11.3 Å². The molecule has 0 atom stereocenters. The highest BCUT2D eigenvalue weighted by Gasteiger charge is 2.41. The first-order chi connectivity index (χ1) is 8.52. The summed E-state index contributed by atoms with van der Waals surface area (Å²) >= 11 is 5.96. The highest BCUT2D eigenvalue weighted by Crippen LogP contribution is 2.41. The molecule has 0 radical (unpaired) electrons. The molecule has 0 bridgehead atoms. The van der Waals surface area contributed by atoms with Crippen LogP contribution in [0.25, 0.3) is 0 Å². The van der Waals surface area contributed by atoms with Gasteiger partial charge in [0, 0.05) is 5.02 Å². The first kappa shape index (κ1) is 13.4. The van der Waals surface area contributed by atoms with Crippen molar-refractivity contribution in [3.63, 3.8) is 0 Å². The molecule has 1 aliphatic rings. The van der Waals surface area contributed by atoms with Crippen LogP contribution in [0.15, 0.2) is 24.3 Å². The van der Waals surface area contributed by atoms with Crippen molar-refractivity contribution in [3.05, 3.63) is 34.9 Å². The van der Waals surface area contributed by atoms with E-state index < -0.39 is 11.4 Å². The van der Waals surface area contributed by atoms with Crippen molar-refractivity contribution in [1.29, 1.82) is 0 Å². The predicted octanol–water partition coefficient (Wildman–Crippen LogP) is 4.16. The van der Waals surface area contributed by atoms with Gasteiger partial charge >= 0.3 is 5.97 Å². The number of benzene rings is 1. The molecule has 2 nitrogen and oxygen atoms in total. The molecule has 1 aromatic carbocycles. The van der Waals surface area contributed by atoms with E-state index in [0.29, 0.717) is 17.4 Å². The number of carbonyl (C=O) groups is 1. The zero-order chi connectivity index (χ0) is 13.2. The maximum absolute atomic E-state index is 11.6. The molecule has 2 rings (SSSR count). The summed E-state index contributed by atoms with van der Waals surface area (Å²) in [4.78, 5) is 11.6. The average Bonchev–Trinajstić information content (AvgIpc) is 2.32. The second-order valence-electron chi connectivity index (χ2n) is 5.57. The lowest BCUT2D eigenvalue weighted by molar-refractivity contribution is -0.151. The lowest BCUT2D eigenvalue weighted by atomic mass is 9.68. The van der Waals surface area contributed by atoms with Crippen LogP contribution >= 0.6 is 11.6 Å². The summed E-state index contributed by atoms with van der Waals surface area (Å²) in [5.41, 5.74) is 0.441. The van der Waals surface area contributed by atoms with Crippen LogP contribution in [0.1, 0.15) is 38.2 Å². The van der Waals surface area contributed by atoms with Gasteiger partial charge in [-0.1, -0.05) is 30.7 Å². The van der Waals surface area contributed by atoms with E-state index in [2.05, 4.69) is 6.92 Å². The Morgan fingerprint density at radius 1 is 1.44 bits per heavy atom. The van der Waals surface area contributed by atoms with Gasteiger partial charge in [-0.25, -0.2) is 0 Å². The van der Waals surface area contributed by atoms with Gasteiger partial charge in [0.05, 0.1) is 5.41 Å². The third-order valence-corrected chi connectivity index (χ3v) is 4.35. The number of carboxylic acid groups (broad SMARTS) is 1. The normalized spacial score (nSPS) is 28.0. The molecular formula is C15H19ClO2. The van der Waals surface area contributed by atoms with Crippen molar-refractivity contribution in [2.45, 2.75) is 39.0 Å². The minimum absolute atomic E-state index is 0.586. The predicted molar refractivity (Wildman–Crippen MR) is 72.9 cm³/mol. The van der Waals surface area contributed by atoms with Crippen LogP contribution in [0.3, 0.4) is 0 Å². The van der Waals surface area contributed by atoms with E-state index in [1.807, 2.05) is 24.3 Å². The standard InChI is InChI=1S/C15H19ClO2/c1-11-5-7-15(8-6-11,14(17)18)10-12-3-2-4-13(16)9-12/h2-4,9,11H,5-8,10H2,1H3,(H,17,18). The van der Waals surface area contributed by atoms with Gasteiger partial charge in [-0.15, -0.1) is 0 Å². The Hall–Kier alpha value is -1.02. The van der Waals surface area contributed by atoms with Crippen LogP contribution in [-0.2, 0) is 11.2 Å². The lowest BCUT2D eigenvalue weighted by Gasteiger charge is -2.36. The SMILES string of the molecule is CC1CCC(Cc2cccc(Cl)c2)(C(=O)O)CC1. The van der Waals surface area contributed by atoms with Crippen LogP contribution in [0.5, 0.6) is 0 Å². The number of aliphatic carboxylic acids is 1. The van der Waals surface area contributed by atoms with Gasteiger partial charge in [-0.3, -0.25) is 4.79 Å². The molecule has 1 N–H and O–H groups in total. The summed E-state index contributed by atoms with van der Waals surface area (Å²) in [6.07, 6.45) is 4.15. The summed E-state index contributed by atoms with van der Waals surface area (Å²) in [5.74, 6) is -0.00814. The van der Waals surface area contributed by atoms with Crippen LogP contribution in [-0.4, -0.2) is 11.1 Å². The van der Waals surface area contributed by atoms with Crippen molar-refractivity contribution in [1.82, 2.24) is 0 Å². The van der Waals surface area contributed by atoms with E-state index in [-0.39, 0.29) is 0 Å². The molecular weight excluding hydrogens is 248 g/mol. The smallest absolute Gasteiger partial charge is 0.309 e. The second-order valence-corrected chi connectivity index (χ2v) is 6.01. The van der Waals surface area contributed by atoms with Crippen LogP contribution in [0, 0.1) is 11.3 Å². The molecule has 0 aliphatic heterocycles. The zero-order valence-electron chi connectivity index (χ0n) is 10.7. The van der Waals surface area contributed by atoms with E-state index in [0.717, 1.165) is 31.2 Å². The van der Waals surface area contributed by atoms with Gasteiger partial charge in [0.1, 0.15) is 0 Å². The second kappa shape index (κ2) is 5.31. The molecule has 1 fully saturated rings. The first-order valence-electron chi connectivity index (χ1n) is 6.50. The molecule has 1 aliphatic carbocycles. The van der Waals surface area contributed by atoms with Gasteiger partial charge in [0.2, 0.25) is 0 Å². The third-order valence-electron chi connectivity index (χ3n) is 4.12. The van der Waals surface area contributed by atoms with Gasteiger partial charge in [-0.2, -0.15) is 0 Å². The fourth-order valence-electron chi connectivity index (χ4n) is 2.82. The maximum atomic E-state index is 11.6. The van der Waals surface area contributed by atoms with E-state index in [1.54, 1.807) is 0 Å². The van der Waals surface area contributed by atoms with Crippen molar-refractivity contribution in [3.8, 4) is 0 Å². The maximum Gasteiger partial charge on any atom is 0.309 e. The molecule has 1 aromatic rings. The fourth-order valence-corrected chi connectivity index (χ4v) is 3.03. The minimum atomic E-state index is -0.658. The molecule has 3 heteroatoms. The molecule has 18 heavy (non-hydrogen) atoms. The number of hydrogen-bond donors (Lipinski definition) is 1. The Bertz CT molecular complexity index is 434. The van der Waals surface area contributed by atoms with Crippen molar-refractivity contribution in [2.75, 3.05) is 0 Å². The van der Waals surface area contributed by atoms with Gasteiger partial charge in [0.25, 0.3) is 0 Å². The van der Waals surface area contributed by atoms with E-state index in [1.165, 1.54) is 0 Å². The number of halogens is 1. The number of carboxylic acids is 1. The summed E-state index contributed by atoms with van der Waals surface area (Å²) in [6, 6.07) is 7.55. The van der Waals surface area contributed by atoms with Gasteiger partial charge < -0.3 is 5.11 Å². The molecule has 98 valence electrons. The molecule has 0 spiro atoms. The highest BCUT2D eigenvalue weighted by molar-refractivity contribution is 6.30. The highest BCUT2D eigenvalue weighted by atomic mass is 35.5. The Morgan fingerprint density at radius 2 is 2.11 bits per heavy atom. The Kier molecular flexibility index (Phi) is 3.96. The number of hydrogen-bond acceptors (Lipinski definition) is 1. The Balaban J connectivity index is 2.19. The average molecular weight is 267 g/mol. The van der Waals surface area contributed by atoms with E-state index in [9.17, 15) is 9.90 Å². The topological polar surface area (TPSA) is 37.3 Å². The van der Waals surface area contributed by atoms with Crippen LogP contribution in [0.4, 0.5) is 0 Å². The molecule has 0 saturated heterocycles. The van der Waals surface area contributed by atoms with Crippen LogP contribution in [0.2, 0.25) is 5.02 Å². The Labute approximate surface area is 113 Å². The molecule has 0 heterocycles. The van der Waals surface area contributed by atoms with Gasteiger partial charge in [0.15, 0.2) is 0 Å². The minimum Gasteiger partial charge on any atom is -0.481 e. The first-order valence-corrected chi connectivity index (χ1v) is 6.87. The van der Waals surface area contributed by atoms with E-state index >= 15 is 0 Å². The quantitative estimate of drug-likeness (QED) is 0.892. The van der Waals surface area contributed by atoms with Gasteiger partial charge in [-0.05, 0) is 55.7 Å². The molecule has 1 saturated carbocycles. The Morgan fingerprint density at radius 3 is 2.67 bits per heavy atom. The molecule has 0 aromatic heterocycles. The van der Waals surface area contributed by atoms with E-state index in [4.69, 9.17) is 11.6 Å². The number of rotatable bonds is 3.